The van der Waals surface area contributed by atoms with Gasteiger partial charge in [-0.1, -0.05) is 18.2 Å². The van der Waals surface area contributed by atoms with Crippen LogP contribution in [0.3, 0.4) is 0 Å². The third kappa shape index (κ3) is 2.99. The van der Waals surface area contributed by atoms with Crippen LogP contribution < -0.4 is 0 Å². The Morgan fingerprint density at radius 2 is 1.82 bits per heavy atom. The minimum atomic E-state index is -3.72. The number of rotatable bonds is 4. The van der Waals surface area contributed by atoms with Crippen molar-refractivity contribution in [3.63, 3.8) is 0 Å². The maximum Gasteiger partial charge on any atom is 0.276 e. The number of fused-ring (bicyclic) bond motifs is 1. The highest BCUT2D eigenvalue weighted by molar-refractivity contribution is 7.89. The van der Waals surface area contributed by atoms with Crippen molar-refractivity contribution in [1.29, 1.82) is 0 Å². The second-order valence-corrected chi connectivity index (χ2v) is 7.07. The van der Waals surface area contributed by atoms with Crippen molar-refractivity contribution < 1.29 is 21.6 Å². The molecule has 8 heteroatoms. The molecule has 22 heavy (non-hydrogen) atoms. The third-order valence-electron chi connectivity index (χ3n) is 3.72. The number of alkyl halides is 2. The summed E-state index contributed by atoms with van der Waals surface area (Å²) in [4.78, 5) is 1.56. The average molecular weight is 330 g/mol. The van der Waals surface area contributed by atoms with E-state index < -0.39 is 16.4 Å². The monoisotopic (exact) mass is 330 g/mol. The van der Waals surface area contributed by atoms with Crippen molar-refractivity contribution in [2.24, 2.45) is 0 Å². The zero-order chi connectivity index (χ0) is 15.7. The largest absolute Gasteiger partial charge is 0.443 e. The van der Waals surface area contributed by atoms with E-state index >= 15 is 0 Å². The molecule has 0 unspecified atom stereocenters. The molecule has 0 atom stereocenters. The van der Waals surface area contributed by atoms with E-state index in [1.165, 1.54) is 10.4 Å². The van der Waals surface area contributed by atoms with Gasteiger partial charge in [-0.3, -0.25) is 4.90 Å². The lowest BCUT2D eigenvalue weighted by molar-refractivity contribution is 0.0714. The van der Waals surface area contributed by atoms with Gasteiger partial charge in [0.15, 0.2) is 0 Å². The molecule has 0 bridgehead atoms. The number of hydrogen-bond acceptors (Lipinski definition) is 4. The standard InChI is InChI=1S/C14H16F2N2O3S/c15-13(16)10-17-5-7-18(8-6-17)22(19,20)14-9-11-3-1-2-4-12(11)21-14/h1-4,9,13H,5-8,10H2. The molecule has 1 saturated heterocycles. The first-order valence-corrected chi connectivity index (χ1v) is 8.40. The molecule has 1 aromatic carbocycles. The van der Waals surface area contributed by atoms with Crippen LogP contribution >= 0.6 is 0 Å². The molecule has 0 N–H and O–H groups in total. The van der Waals surface area contributed by atoms with E-state index in [1.807, 2.05) is 0 Å². The van der Waals surface area contributed by atoms with Crippen LogP contribution in [0.25, 0.3) is 11.0 Å². The summed E-state index contributed by atoms with van der Waals surface area (Å²) in [7, 11) is -3.72. The highest BCUT2D eigenvalue weighted by atomic mass is 32.2. The molecule has 3 rings (SSSR count). The smallest absolute Gasteiger partial charge is 0.276 e. The number of nitrogens with zero attached hydrogens (tertiary/aromatic N) is 2. The Morgan fingerprint density at radius 1 is 1.14 bits per heavy atom. The summed E-state index contributed by atoms with van der Waals surface area (Å²) in [5, 5.41) is 0.619. The topological polar surface area (TPSA) is 53.8 Å². The molecule has 1 aliphatic rings. The van der Waals surface area contributed by atoms with Crippen molar-refractivity contribution in [3.05, 3.63) is 30.3 Å². The van der Waals surface area contributed by atoms with E-state index in [0.717, 1.165) is 5.39 Å². The maximum absolute atomic E-state index is 12.6. The summed E-state index contributed by atoms with van der Waals surface area (Å²) in [6.45, 7) is 0.643. The molecule has 120 valence electrons. The highest BCUT2D eigenvalue weighted by Crippen LogP contribution is 2.25. The van der Waals surface area contributed by atoms with E-state index in [1.54, 1.807) is 29.2 Å². The summed E-state index contributed by atoms with van der Waals surface area (Å²) in [6.07, 6.45) is -2.40. The Kier molecular flexibility index (Phi) is 4.16. The van der Waals surface area contributed by atoms with Gasteiger partial charge in [0.25, 0.3) is 16.4 Å². The predicted molar refractivity (Wildman–Crippen MR) is 77.4 cm³/mol. The van der Waals surface area contributed by atoms with Gasteiger partial charge in [0.05, 0.1) is 6.54 Å². The fourth-order valence-electron chi connectivity index (χ4n) is 2.56. The van der Waals surface area contributed by atoms with Gasteiger partial charge in [-0.25, -0.2) is 17.2 Å². The normalized spacial score (nSPS) is 18.3. The van der Waals surface area contributed by atoms with Crippen LogP contribution in [0.2, 0.25) is 0 Å². The van der Waals surface area contributed by atoms with Crippen molar-refractivity contribution in [2.45, 2.75) is 11.5 Å². The summed E-state index contributed by atoms with van der Waals surface area (Å²) in [5.41, 5.74) is 0.511. The van der Waals surface area contributed by atoms with Gasteiger partial charge >= 0.3 is 0 Å². The van der Waals surface area contributed by atoms with Crippen LogP contribution in [-0.4, -0.2) is 56.8 Å². The van der Waals surface area contributed by atoms with Gasteiger partial charge in [0.2, 0.25) is 5.09 Å². The number of piperazine rings is 1. The minimum absolute atomic E-state index is 0.101. The van der Waals surface area contributed by atoms with Gasteiger partial charge < -0.3 is 4.42 Å². The van der Waals surface area contributed by atoms with Crippen LogP contribution in [0.1, 0.15) is 0 Å². The van der Waals surface area contributed by atoms with E-state index in [2.05, 4.69) is 0 Å². The van der Waals surface area contributed by atoms with E-state index in [-0.39, 0.29) is 24.7 Å². The van der Waals surface area contributed by atoms with Gasteiger partial charge in [-0.15, -0.1) is 0 Å². The molecular weight excluding hydrogens is 314 g/mol. The van der Waals surface area contributed by atoms with E-state index in [4.69, 9.17) is 4.42 Å². The van der Waals surface area contributed by atoms with Crippen LogP contribution in [0.5, 0.6) is 0 Å². The molecule has 0 spiro atoms. The number of para-hydroxylation sites is 1. The zero-order valence-electron chi connectivity index (χ0n) is 11.8. The quantitative estimate of drug-likeness (QED) is 0.860. The Balaban J connectivity index is 1.76. The molecule has 2 aromatic rings. The summed E-state index contributed by atoms with van der Waals surface area (Å²) >= 11 is 0. The number of hydrogen-bond donors (Lipinski definition) is 0. The molecule has 1 aromatic heterocycles. The first kappa shape index (κ1) is 15.4. The van der Waals surface area contributed by atoms with Crippen LogP contribution in [-0.2, 0) is 10.0 Å². The van der Waals surface area contributed by atoms with E-state index in [0.29, 0.717) is 18.7 Å². The maximum atomic E-state index is 12.6. The summed E-state index contributed by atoms with van der Waals surface area (Å²) < 4.78 is 56.5. The average Bonchev–Trinajstić information content (AvgIpc) is 2.92. The Morgan fingerprint density at radius 3 is 2.45 bits per heavy atom. The molecular formula is C14H16F2N2O3S. The molecule has 0 radical (unpaired) electrons. The van der Waals surface area contributed by atoms with Crippen molar-refractivity contribution >= 4 is 21.0 Å². The molecule has 1 aliphatic heterocycles. The Hall–Kier alpha value is -1.51. The third-order valence-corrected chi connectivity index (χ3v) is 5.48. The predicted octanol–water partition coefficient (Wildman–Crippen LogP) is 2.00. The molecule has 1 fully saturated rings. The fraction of sp³-hybridized carbons (Fsp3) is 0.429. The van der Waals surface area contributed by atoms with Crippen molar-refractivity contribution in [3.8, 4) is 0 Å². The second kappa shape index (κ2) is 5.94. The van der Waals surface area contributed by atoms with Gasteiger partial charge in [-0.2, -0.15) is 4.31 Å². The summed E-state index contributed by atoms with van der Waals surface area (Å²) in [5.74, 6) is 0. The Bertz CT molecular complexity index is 719. The van der Waals surface area contributed by atoms with Crippen LogP contribution in [0.15, 0.2) is 39.8 Å². The molecule has 0 aliphatic carbocycles. The lowest BCUT2D eigenvalue weighted by Crippen LogP contribution is -2.49. The van der Waals surface area contributed by atoms with Gasteiger partial charge in [0.1, 0.15) is 5.58 Å². The molecule has 0 amide bonds. The minimum Gasteiger partial charge on any atom is -0.443 e. The van der Waals surface area contributed by atoms with Crippen molar-refractivity contribution in [2.75, 3.05) is 32.7 Å². The SMILES string of the molecule is O=S(=O)(c1cc2ccccc2o1)N1CCN(CC(F)F)CC1. The highest BCUT2D eigenvalue weighted by Gasteiger charge is 2.31. The lowest BCUT2D eigenvalue weighted by atomic mass is 10.3. The summed E-state index contributed by atoms with van der Waals surface area (Å²) in [6, 6.07) is 8.55. The fourth-order valence-corrected chi connectivity index (χ4v) is 3.93. The second-order valence-electron chi connectivity index (χ2n) is 5.20. The number of halogens is 2. The van der Waals surface area contributed by atoms with E-state index in [9.17, 15) is 17.2 Å². The van der Waals surface area contributed by atoms with Gasteiger partial charge in [0, 0.05) is 37.6 Å². The van der Waals surface area contributed by atoms with Crippen molar-refractivity contribution in [1.82, 2.24) is 9.21 Å². The van der Waals surface area contributed by atoms with Crippen LogP contribution in [0.4, 0.5) is 8.78 Å². The van der Waals surface area contributed by atoms with Crippen LogP contribution in [0, 0.1) is 0 Å². The lowest BCUT2D eigenvalue weighted by Gasteiger charge is -2.33. The number of sulfonamides is 1. The number of benzene rings is 1. The first-order chi connectivity index (χ1) is 10.5. The number of furan rings is 1. The van der Waals surface area contributed by atoms with Gasteiger partial charge in [-0.05, 0) is 6.07 Å². The molecule has 5 nitrogen and oxygen atoms in total. The molecule has 2 heterocycles. The first-order valence-electron chi connectivity index (χ1n) is 6.96. The molecule has 0 saturated carbocycles. The zero-order valence-corrected chi connectivity index (χ0v) is 12.6. The Labute approximate surface area is 127 Å².